The summed E-state index contributed by atoms with van der Waals surface area (Å²) in [7, 11) is 3.20. The Labute approximate surface area is 131 Å². The van der Waals surface area contributed by atoms with Crippen molar-refractivity contribution < 1.29 is 14.3 Å². The largest absolute Gasteiger partial charge is 0.377 e. The fraction of sp³-hybridized carbons (Fsp3) is 0.278. The van der Waals surface area contributed by atoms with Crippen molar-refractivity contribution in [2.45, 2.75) is 13.0 Å². The quantitative estimate of drug-likeness (QED) is 0.885. The smallest absolute Gasteiger partial charge is 0.250 e. The van der Waals surface area contributed by atoms with E-state index in [0.717, 1.165) is 22.4 Å². The summed E-state index contributed by atoms with van der Waals surface area (Å²) in [6.07, 6.45) is 0.0775. The average molecular weight is 299 g/mol. The van der Waals surface area contributed by atoms with E-state index in [1.165, 1.54) is 7.11 Å². The third-order valence-electron chi connectivity index (χ3n) is 3.49. The highest BCUT2D eigenvalue weighted by Crippen LogP contribution is 2.25. The van der Waals surface area contributed by atoms with Gasteiger partial charge in [0.2, 0.25) is 5.91 Å². The number of hydrogen-bond acceptors (Lipinski definition) is 3. The number of methoxy groups -OCH3 is 2. The third kappa shape index (κ3) is 4.16. The van der Waals surface area contributed by atoms with Crippen LogP contribution in [0.15, 0.2) is 48.5 Å². The van der Waals surface area contributed by atoms with Gasteiger partial charge in [-0.25, -0.2) is 0 Å². The molecule has 1 N–H and O–H groups in total. The summed E-state index contributed by atoms with van der Waals surface area (Å²) in [4.78, 5) is 11.6. The molecule has 2 rings (SSSR count). The van der Waals surface area contributed by atoms with Crippen LogP contribution in [0.3, 0.4) is 0 Å². The molecule has 1 atom stereocenters. The molecule has 1 unspecified atom stereocenters. The van der Waals surface area contributed by atoms with E-state index in [-0.39, 0.29) is 18.6 Å². The van der Waals surface area contributed by atoms with E-state index < -0.39 is 0 Å². The van der Waals surface area contributed by atoms with E-state index in [2.05, 4.69) is 29.6 Å². The highest BCUT2D eigenvalue weighted by molar-refractivity contribution is 5.92. The van der Waals surface area contributed by atoms with Crippen LogP contribution in [0, 0.1) is 0 Å². The Kier molecular flexibility index (Phi) is 5.69. The number of anilines is 1. The first-order chi connectivity index (χ1) is 10.6. The lowest BCUT2D eigenvalue weighted by Gasteiger charge is -2.11. The van der Waals surface area contributed by atoms with Gasteiger partial charge in [0, 0.05) is 19.9 Å². The van der Waals surface area contributed by atoms with Crippen molar-refractivity contribution in [3.05, 3.63) is 54.1 Å². The molecule has 2 aromatic carbocycles. The van der Waals surface area contributed by atoms with Gasteiger partial charge in [-0.1, -0.05) is 36.4 Å². The maximum absolute atomic E-state index is 11.6. The molecule has 0 fully saturated rings. The molecule has 0 bridgehead atoms. The molecule has 4 nitrogen and oxygen atoms in total. The molecule has 1 amide bonds. The molecule has 116 valence electrons. The average Bonchev–Trinajstić information content (AvgIpc) is 2.54. The minimum Gasteiger partial charge on any atom is -0.377 e. The van der Waals surface area contributed by atoms with Gasteiger partial charge in [0.05, 0.1) is 6.10 Å². The Morgan fingerprint density at radius 3 is 2.45 bits per heavy atom. The fourth-order valence-corrected chi connectivity index (χ4v) is 2.19. The maximum Gasteiger partial charge on any atom is 0.250 e. The van der Waals surface area contributed by atoms with E-state index in [1.807, 2.05) is 31.2 Å². The standard InChI is InChI=1S/C18H21NO3/c1-13(22-3)14-7-9-15(10-8-14)16-5-4-6-17(11-16)19-18(20)12-21-2/h4-11,13H,12H2,1-3H3,(H,19,20). The van der Waals surface area contributed by atoms with Crippen LogP contribution in [0.5, 0.6) is 0 Å². The highest BCUT2D eigenvalue weighted by atomic mass is 16.5. The second kappa shape index (κ2) is 7.73. The lowest BCUT2D eigenvalue weighted by Crippen LogP contribution is -2.16. The second-order valence-corrected chi connectivity index (χ2v) is 5.06. The molecular formula is C18H21NO3. The van der Waals surface area contributed by atoms with Crippen LogP contribution in [-0.4, -0.2) is 26.7 Å². The first kappa shape index (κ1) is 16.2. The van der Waals surface area contributed by atoms with Crippen molar-refractivity contribution in [2.75, 3.05) is 26.1 Å². The molecule has 0 aliphatic heterocycles. The molecule has 0 aliphatic carbocycles. The zero-order valence-corrected chi connectivity index (χ0v) is 13.1. The molecule has 0 radical (unpaired) electrons. The number of hydrogen-bond donors (Lipinski definition) is 1. The lowest BCUT2D eigenvalue weighted by molar-refractivity contribution is -0.119. The molecule has 0 saturated heterocycles. The summed E-state index contributed by atoms with van der Waals surface area (Å²) < 4.78 is 10.1. The Hall–Kier alpha value is -2.17. The molecule has 0 aromatic heterocycles. The van der Waals surface area contributed by atoms with Gasteiger partial charge in [0.1, 0.15) is 6.61 Å². The number of benzene rings is 2. The van der Waals surface area contributed by atoms with E-state index in [4.69, 9.17) is 9.47 Å². The summed E-state index contributed by atoms with van der Waals surface area (Å²) in [5.74, 6) is -0.163. The second-order valence-electron chi connectivity index (χ2n) is 5.06. The number of carbonyl (C=O) groups excluding carboxylic acids is 1. The Morgan fingerprint density at radius 1 is 1.09 bits per heavy atom. The fourth-order valence-electron chi connectivity index (χ4n) is 2.19. The number of amides is 1. The van der Waals surface area contributed by atoms with Crippen LogP contribution in [0.4, 0.5) is 5.69 Å². The predicted octanol–water partition coefficient (Wildman–Crippen LogP) is 3.65. The van der Waals surface area contributed by atoms with Crippen molar-refractivity contribution in [1.29, 1.82) is 0 Å². The van der Waals surface area contributed by atoms with Crippen molar-refractivity contribution in [1.82, 2.24) is 0 Å². The van der Waals surface area contributed by atoms with E-state index >= 15 is 0 Å². The highest BCUT2D eigenvalue weighted by Gasteiger charge is 2.06. The van der Waals surface area contributed by atoms with Gasteiger partial charge in [-0.3, -0.25) is 4.79 Å². The van der Waals surface area contributed by atoms with E-state index in [0.29, 0.717) is 0 Å². The van der Waals surface area contributed by atoms with Crippen LogP contribution in [0.1, 0.15) is 18.6 Å². The summed E-state index contributed by atoms with van der Waals surface area (Å²) >= 11 is 0. The van der Waals surface area contributed by atoms with E-state index in [1.54, 1.807) is 7.11 Å². The summed E-state index contributed by atoms with van der Waals surface area (Å²) in [5, 5.41) is 2.81. The Balaban J connectivity index is 2.17. The molecule has 0 saturated carbocycles. The van der Waals surface area contributed by atoms with Crippen molar-refractivity contribution in [3.8, 4) is 11.1 Å². The molecule has 0 spiro atoms. The SMILES string of the molecule is COCC(=O)Nc1cccc(-c2ccc(C(C)OC)cc2)c1. The van der Waals surface area contributed by atoms with Gasteiger partial charge in [0.25, 0.3) is 0 Å². The molecule has 4 heteroatoms. The number of ether oxygens (including phenoxy) is 2. The number of rotatable bonds is 6. The van der Waals surface area contributed by atoms with Crippen molar-refractivity contribution >= 4 is 11.6 Å². The van der Waals surface area contributed by atoms with Crippen LogP contribution in [0.25, 0.3) is 11.1 Å². The molecule has 0 heterocycles. The van der Waals surface area contributed by atoms with Gasteiger partial charge in [0.15, 0.2) is 0 Å². The van der Waals surface area contributed by atoms with Gasteiger partial charge in [-0.05, 0) is 35.7 Å². The van der Waals surface area contributed by atoms with Crippen LogP contribution in [-0.2, 0) is 14.3 Å². The van der Waals surface area contributed by atoms with E-state index in [9.17, 15) is 4.79 Å². The van der Waals surface area contributed by atoms with Crippen molar-refractivity contribution in [3.63, 3.8) is 0 Å². The van der Waals surface area contributed by atoms with Crippen LogP contribution in [0.2, 0.25) is 0 Å². The molecular weight excluding hydrogens is 278 g/mol. The maximum atomic E-state index is 11.6. The monoisotopic (exact) mass is 299 g/mol. The molecule has 22 heavy (non-hydrogen) atoms. The summed E-state index contributed by atoms with van der Waals surface area (Å²) in [5.41, 5.74) is 4.03. The van der Waals surface area contributed by atoms with Crippen LogP contribution >= 0.6 is 0 Å². The minimum atomic E-state index is -0.163. The number of nitrogens with one attached hydrogen (secondary N) is 1. The Bertz CT molecular complexity index is 622. The molecule has 2 aromatic rings. The predicted molar refractivity (Wildman–Crippen MR) is 87.8 cm³/mol. The van der Waals surface area contributed by atoms with Gasteiger partial charge in [-0.2, -0.15) is 0 Å². The zero-order chi connectivity index (χ0) is 15.9. The van der Waals surface area contributed by atoms with Gasteiger partial charge in [-0.15, -0.1) is 0 Å². The van der Waals surface area contributed by atoms with Crippen LogP contribution < -0.4 is 5.32 Å². The topological polar surface area (TPSA) is 47.6 Å². The summed E-state index contributed by atoms with van der Waals surface area (Å²) in [6.45, 7) is 2.06. The summed E-state index contributed by atoms with van der Waals surface area (Å²) in [6, 6.07) is 16.0. The van der Waals surface area contributed by atoms with Gasteiger partial charge >= 0.3 is 0 Å². The Morgan fingerprint density at radius 2 is 1.82 bits per heavy atom. The zero-order valence-electron chi connectivity index (χ0n) is 13.1. The normalized spacial score (nSPS) is 12.0. The first-order valence-corrected chi connectivity index (χ1v) is 7.16. The number of carbonyl (C=O) groups is 1. The lowest BCUT2D eigenvalue weighted by atomic mass is 10.0. The van der Waals surface area contributed by atoms with Crippen molar-refractivity contribution in [2.24, 2.45) is 0 Å². The minimum absolute atomic E-state index is 0.0494. The van der Waals surface area contributed by atoms with Gasteiger partial charge < -0.3 is 14.8 Å². The molecule has 0 aliphatic rings. The third-order valence-corrected chi connectivity index (χ3v) is 3.49. The first-order valence-electron chi connectivity index (χ1n) is 7.16.